The molecule has 1 saturated heterocycles. The molecule has 20 heavy (non-hydrogen) atoms. The molecule has 1 heterocycles. The van der Waals surface area contributed by atoms with Crippen molar-refractivity contribution in [2.45, 2.75) is 25.3 Å². The van der Waals surface area contributed by atoms with Crippen LogP contribution in [0.2, 0.25) is 0 Å². The van der Waals surface area contributed by atoms with Gasteiger partial charge in [-0.2, -0.15) is 0 Å². The molecule has 0 radical (unpaired) electrons. The second kappa shape index (κ2) is 10.5. The minimum atomic E-state index is -0.401. The maximum absolute atomic E-state index is 12.2. The van der Waals surface area contributed by atoms with Crippen LogP contribution in [0.25, 0.3) is 0 Å². The van der Waals surface area contributed by atoms with E-state index in [0.29, 0.717) is 13.1 Å². The highest BCUT2D eigenvalue weighted by Crippen LogP contribution is 2.07. The van der Waals surface area contributed by atoms with Gasteiger partial charge in [-0.05, 0) is 12.8 Å². The predicted molar refractivity (Wildman–Crippen MR) is 82.9 cm³/mol. The summed E-state index contributed by atoms with van der Waals surface area (Å²) in [5.41, 5.74) is 0. The third-order valence-corrected chi connectivity index (χ3v) is 3.05. The van der Waals surface area contributed by atoms with Crippen LogP contribution in [0, 0.1) is 0 Å². The molecular weight excluding hydrogens is 278 g/mol. The molecule has 114 valence electrons. The monoisotopic (exact) mass is 301 g/mol. The molecule has 2 N–H and O–H groups in total. The van der Waals surface area contributed by atoms with E-state index >= 15 is 0 Å². The average Bonchev–Trinajstić information content (AvgIpc) is 2.41. The first-order valence-electron chi connectivity index (χ1n) is 6.69. The number of allylic oxidation sites excluding steroid dienone is 1. The molecule has 2 amide bonds. The summed E-state index contributed by atoms with van der Waals surface area (Å²) in [6, 6.07) is -0.401. The lowest BCUT2D eigenvalue weighted by molar-refractivity contribution is -0.138. The fraction of sp³-hybridized carbons (Fsp3) is 0.571. The topological polar surface area (TPSA) is 61.4 Å². The molecular formula is C14H24ClN3O2. The van der Waals surface area contributed by atoms with Gasteiger partial charge in [0.25, 0.3) is 0 Å². The number of halogens is 1. The molecule has 0 saturated carbocycles. The lowest BCUT2D eigenvalue weighted by atomic mass is 10.1. The molecule has 1 unspecified atom stereocenters. The van der Waals surface area contributed by atoms with E-state index in [0.717, 1.165) is 25.9 Å². The summed E-state index contributed by atoms with van der Waals surface area (Å²) in [5.74, 6) is -0.109. The zero-order valence-electron chi connectivity index (χ0n) is 11.8. The number of nitrogens with zero attached hydrogens (tertiary/aromatic N) is 1. The van der Waals surface area contributed by atoms with Gasteiger partial charge in [0.15, 0.2) is 0 Å². The smallest absolute Gasteiger partial charge is 0.240 e. The zero-order valence-corrected chi connectivity index (χ0v) is 12.6. The highest BCUT2D eigenvalue weighted by Gasteiger charge is 2.29. The van der Waals surface area contributed by atoms with Crippen molar-refractivity contribution in [3.63, 3.8) is 0 Å². The van der Waals surface area contributed by atoms with E-state index in [9.17, 15) is 9.59 Å². The number of nitrogens with one attached hydrogen (secondary N) is 2. The Labute approximate surface area is 126 Å². The van der Waals surface area contributed by atoms with Crippen molar-refractivity contribution in [3.05, 3.63) is 25.3 Å². The molecule has 0 aromatic carbocycles. The second-order valence-corrected chi connectivity index (χ2v) is 4.56. The molecule has 0 aromatic heterocycles. The normalized spacial score (nSPS) is 18.1. The number of rotatable bonds is 8. The minimum Gasteiger partial charge on any atom is -0.353 e. The summed E-state index contributed by atoms with van der Waals surface area (Å²) in [5, 5.41) is 5.78. The predicted octanol–water partition coefficient (Wildman–Crippen LogP) is 0.867. The Bertz CT molecular complexity index is 347. The van der Waals surface area contributed by atoms with Crippen LogP contribution in [-0.4, -0.2) is 48.9 Å². The summed E-state index contributed by atoms with van der Waals surface area (Å²) >= 11 is 0. The van der Waals surface area contributed by atoms with Crippen molar-refractivity contribution < 1.29 is 9.59 Å². The van der Waals surface area contributed by atoms with Crippen molar-refractivity contribution in [3.8, 4) is 0 Å². The quantitative estimate of drug-likeness (QED) is 0.516. The third-order valence-electron chi connectivity index (χ3n) is 3.05. The van der Waals surface area contributed by atoms with Crippen LogP contribution in [0.15, 0.2) is 25.3 Å². The highest BCUT2D eigenvalue weighted by molar-refractivity contribution is 5.88. The molecule has 0 spiro atoms. The molecule has 1 rings (SSSR count). The van der Waals surface area contributed by atoms with E-state index < -0.39 is 6.04 Å². The molecule has 1 aliphatic rings. The lowest BCUT2D eigenvalue weighted by Gasteiger charge is -2.33. The number of hydrogen-bond donors (Lipinski definition) is 2. The number of carbonyl (C=O) groups is 2. The molecule has 1 atom stereocenters. The Morgan fingerprint density at radius 3 is 2.85 bits per heavy atom. The maximum Gasteiger partial charge on any atom is 0.240 e. The number of amides is 2. The van der Waals surface area contributed by atoms with E-state index in [1.54, 1.807) is 6.08 Å². The van der Waals surface area contributed by atoms with Gasteiger partial charge >= 0.3 is 0 Å². The fourth-order valence-corrected chi connectivity index (χ4v) is 2.04. The van der Waals surface area contributed by atoms with Gasteiger partial charge in [0, 0.05) is 26.2 Å². The summed E-state index contributed by atoms with van der Waals surface area (Å²) < 4.78 is 0. The zero-order chi connectivity index (χ0) is 14.1. The van der Waals surface area contributed by atoms with Crippen molar-refractivity contribution >= 4 is 24.2 Å². The number of piperazine rings is 1. The molecule has 0 aromatic rings. The van der Waals surface area contributed by atoms with E-state index in [-0.39, 0.29) is 30.6 Å². The molecule has 0 bridgehead atoms. The van der Waals surface area contributed by atoms with Crippen LogP contribution in [0.4, 0.5) is 0 Å². The van der Waals surface area contributed by atoms with Gasteiger partial charge in [0.1, 0.15) is 0 Å². The number of unbranched alkanes of at least 4 members (excludes halogenated alkanes) is 1. The lowest BCUT2D eigenvalue weighted by Crippen LogP contribution is -2.56. The average molecular weight is 302 g/mol. The van der Waals surface area contributed by atoms with Crippen molar-refractivity contribution in [2.24, 2.45) is 0 Å². The second-order valence-electron chi connectivity index (χ2n) is 4.56. The summed E-state index contributed by atoms with van der Waals surface area (Å²) in [7, 11) is 0. The maximum atomic E-state index is 12.2. The molecule has 6 heteroatoms. The van der Waals surface area contributed by atoms with Crippen LogP contribution in [0.5, 0.6) is 0 Å². The Kier molecular flexibility index (Phi) is 9.76. The van der Waals surface area contributed by atoms with E-state index in [4.69, 9.17) is 0 Å². The molecule has 5 nitrogen and oxygen atoms in total. The summed E-state index contributed by atoms with van der Waals surface area (Å²) in [6.45, 7) is 9.81. The van der Waals surface area contributed by atoms with Crippen LogP contribution in [-0.2, 0) is 9.59 Å². The largest absolute Gasteiger partial charge is 0.353 e. The molecule has 0 aliphatic carbocycles. The van der Waals surface area contributed by atoms with Crippen molar-refractivity contribution in [1.82, 2.24) is 15.5 Å². The van der Waals surface area contributed by atoms with Gasteiger partial charge in [-0.1, -0.05) is 12.2 Å². The molecule has 1 fully saturated rings. The van der Waals surface area contributed by atoms with E-state index in [1.807, 2.05) is 11.0 Å². The first-order valence-corrected chi connectivity index (χ1v) is 6.69. The van der Waals surface area contributed by atoms with Crippen LogP contribution in [0.1, 0.15) is 19.3 Å². The Morgan fingerprint density at radius 1 is 1.45 bits per heavy atom. The van der Waals surface area contributed by atoms with Crippen LogP contribution >= 0.6 is 12.4 Å². The Balaban J connectivity index is 0.00000361. The summed E-state index contributed by atoms with van der Waals surface area (Å²) in [6.07, 6.45) is 5.49. The van der Waals surface area contributed by atoms with Crippen molar-refractivity contribution in [2.75, 3.05) is 26.2 Å². The van der Waals surface area contributed by atoms with Crippen LogP contribution < -0.4 is 10.6 Å². The fourth-order valence-electron chi connectivity index (χ4n) is 2.04. The van der Waals surface area contributed by atoms with E-state index in [2.05, 4.69) is 23.8 Å². The third kappa shape index (κ3) is 6.21. The molecule has 1 aliphatic heterocycles. The number of hydrogen-bond acceptors (Lipinski definition) is 3. The van der Waals surface area contributed by atoms with E-state index in [1.165, 1.54) is 0 Å². The first-order chi connectivity index (χ1) is 9.19. The van der Waals surface area contributed by atoms with Gasteiger partial charge in [-0.25, -0.2) is 0 Å². The standard InChI is InChI=1S/C14H23N3O2.ClH/c1-3-5-6-9-17-10-8-15-12(14(17)19)11-13(18)16-7-4-2;/h3-4,12,15H,1-2,5-11H2,(H,16,18);1H. The first kappa shape index (κ1) is 18.7. The van der Waals surface area contributed by atoms with Crippen LogP contribution in [0.3, 0.4) is 0 Å². The SMILES string of the molecule is C=CCCCN1CCNC(CC(=O)NCC=C)C1=O.Cl. The van der Waals surface area contributed by atoms with Gasteiger partial charge < -0.3 is 15.5 Å². The summed E-state index contributed by atoms with van der Waals surface area (Å²) in [4.78, 5) is 25.6. The van der Waals surface area contributed by atoms with Gasteiger partial charge in [0.2, 0.25) is 11.8 Å². The van der Waals surface area contributed by atoms with Crippen molar-refractivity contribution in [1.29, 1.82) is 0 Å². The minimum absolute atomic E-state index is 0. The van der Waals surface area contributed by atoms with Gasteiger partial charge in [-0.15, -0.1) is 25.6 Å². The van der Waals surface area contributed by atoms with Gasteiger partial charge in [0.05, 0.1) is 12.5 Å². The highest BCUT2D eigenvalue weighted by atomic mass is 35.5. The Hall–Kier alpha value is -1.33. The number of carbonyl (C=O) groups excluding carboxylic acids is 2. The van der Waals surface area contributed by atoms with Gasteiger partial charge in [-0.3, -0.25) is 9.59 Å². The Morgan fingerprint density at radius 2 is 2.20 bits per heavy atom.